The summed E-state index contributed by atoms with van der Waals surface area (Å²) in [5.74, 6) is -0.372. The minimum Gasteiger partial charge on any atom is -0.489 e. The molecule has 0 aliphatic heterocycles. The van der Waals surface area contributed by atoms with Crippen LogP contribution in [0.2, 0.25) is 0 Å². The number of rotatable bonds is 7. The molecule has 0 bridgehead atoms. The standard InChI is InChI=1S/C18H25FN2O3/c1-13(22)20-17(14-7-3-4-8-14)18(23)21(2)11-12-24-16-10-6-5-9-15(16)19/h5-6,9-10,14,17H,3-4,7-8,11-12H2,1-2H3,(H,20,22). The van der Waals surface area contributed by atoms with Crippen molar-refractivity contribution in [3.05, 3.63) is 30.1 Å². The van der Waals surface area contributed by atoms with Gasteiger partial charge in [-0.05, 0) is 30.9 Å². The highest BCUT2D eigenvalue weighted by molar-refractivity contribution is 5.87. The maximum Gasteiger partial charge on any atom is 0.245 e. The highest BCUT2D eigenvalue weighted by Gasteiger charge is 2.32. The molecule has 2 rings (SSSR count). The van der Waals surface area contributed by atoms with Crippen LogP contribution in [0.1, 0.15) is 32.6 Å². The van der Waals surface area contributed by atoms with Crippen LogP contribution in [0.25, 0.3) is 0 Å². The maximum absolute atomic E-state index is 13.5. The number of halogens is 1. The van der Waals surface area contributed by atoms with Gasteiger partial charge < -0.3 is 15.0 Å². The Labute approximate surface area is 142 Å². The molecule has 1 aliphatic carbocycles. The number of benzene rings is 1. The van der Waals surface area contributed by atoms with Crippen molar-refractivity contribution in [3.8, 4) is 5.75 Å². The van der Waals surface area contributed by atoms with Gasteiger partial charge in [0.2, 0.25) is 11.8 Å². The summed E-state index contributed by atoms with van der Waals surface area (Å²) in [5.41, 5.74) is 0. The molecule has 1 aromatic carbocycles. The summed E-state index contributed by atoms with van der Waals surface area (Å²) in [6.07, 6.45) is 4.09. The van der Waals surface area contributed by atoms with Crippen molar-refractivity contribution in [2.24, 2.45) is 5.92 Å². The number of nitrogens with one attached hydrogen (secondary N) is 1. The number of para-hydroxylation sites is 1. The van der Waals surface area contributed by atoms with Crippen LogP contribution >= 0.6 is 0 Å². The van der Waals surface area contributed by atoms with Crippen molar-refractivity contribution in [2.75, 3.05) is 20.2 Å². The van der Waals surface area contributed by atoms with Gasteiger partial charge in [-0.25, -0.2) is 4.39 Å². The number of amides is 2. The van der Waals surface area contributed by atoms with E-state index in [1.807, 2.05) is 0 Å². The normalized spacial score (nSPS) is 15.8. The fourth-order valence-corrected chi connectivity index (χ4v) is 3.09. The summed E-state index contributed by atoms with van der Waals surface area (Å²) in [4.78, 5) is 25.6. The molecular formula is C18H25FN2O3. The first kappa shape index (κ1) is 18.2. The van der Waals surface area contributed by atoms with Gasteiger partial charge in [-0.2, -0.15) is 0 Å². The van der Waals surface area contributed by atoms with Gasteiger partial charge in [0.15, 0.2) is 11.6 Å². The van der Waals surface area contributed by atoms with Crippen molar-refractivity contribution in [3.63, 3.8) is 0 Å². The second kappa shape index (κ2) is 8.66. The second-order valence-electron chi connectivity index (χ2n) is 6.26. The summed E-state index contributed by atoms with van der Waals surface area (Å²) in [7, 11) is 1.68. The highest BCUT2D eigenvalue weighted by Crippen LogP contribution is 2.28. The van der Waals surface area contributed by atoms with E-state index in [1.165, 1.54) is 13.0 Å². The zero-order chi connectivity index (χ0) is 17.5. The van der Waals surface area contributed by atoms with Crippen molar-refractivity contribution in [2.45, 2.75) is 38.6 Å². The number of likely N-dealkylation sites (N-methyl/N-ethyl adjacent to an activating group) is 1. The molecule has 1 atom stereocenters. The Kier molecular flexibility index (Phi) is 6.58. The molecule has 0 saturated heterocycles. The van der Waals surface area contributed by atoms with E-state index in [9.17, 15) is 14.0 Å². The summed E-state index contributed by atoms with van der Waals surface area (Å²) < 4.78 is 18.9. The number of hydrogen-bond donors (Lipinski definition) is 1. The van der Waals surface area contributed by atoms with Gasteiger partial charge in [-0.1, -0.05) is 25.0 Å². The monoisotopic (exact) mass is 336 g/mol. The number of carbonyl (C=O) groups excluding carboxylic acids is 2. The number of nitrogens with zero attached hydrogens (tertiary/aromatic N) is 1. The van der Waals surface area contributed by atoms with Crippen LogP contribution in [0.3, 0.4) is 0 Å². The summed E-state index contributed by atoms with van der Waals surface area (Å²) in [6, 6.07) is 5.69. The molecule has 1 aliphatic rings. The first-order chi connectivity index (χ1) is 11.5. The SMILES string of the molecule is CC(=O)NC(C(=O)N(C)CCOc1ccccc1F)C1CCCC1. The molecule has 132 valence electrons. The fourth-order valence-electron chi connectivity index (χ4n) is 3.09. The predicted octanol–water partition coefficient (Wildman–Crippen LogP) is 2.36. The lowest BCUT2D eigenvalue weighted by atomic mass is 9.97. The zero-order valence-corrected chi connectivity index (χ0v) is 14.3. The highest BCUT2D eigenvalue weighted by atomic mass is 19.1. The van der Waals surface area contributed by atoms with E-state index in [2.05, 4.69) is 5.32 Å². The van der Waals surface area contributed by atoms with Gasteiger partial charge in [-0.3, -0.25) is 9.59 Å². The van der Waals surface area contributed by atoms with E-state index in [1.54, 1.807) is 30.1 Å². The Bertz CT molecular complexity index is 573. The zero-order valence-electron chi connectivity index (χ0n) is 14.3. The third-order valence-corrected chi connectivity index (χ3v) is 4.39. The molecule has 5 nitrogen and oxygen atoms in total. The van der Waals surface area contributed by atoms with Gasteiger partial charge in [-0.15, -0.1) is 0 Å². The minimum absolute atomic E-state index is 0.116. The van der Waals surface area contributed by atoms with E-state index in [4.69, 9.17) is 4.74 Å². The largest absolute Gasteiger partial charge is 0.489 e. The average Bonchev–Trinajstić information content (AvgIpc) is 3.07. The lowest BCUT2D eigenvalue weighted by Crippen LogP contribution is -2.51. The molecule has 1 aromatic rings. The molecule has 0 heterocycles. The summed E-state index contributed by atoms with van der Waals surface area (Å²) in [5, 5.41) is 2.79. The van der Waals surface area contributed by atoms with Crippen molar-refractivity contribution < 1.29 is 18.7 Å². The van der Waals surface area contributed by atoms with Gasteiger partial charge in [0, 0.05) is 14.0 Å². The Hall–Kier alpha value is -2.11. The quantitative estimate of drug-likeness (QED) is 0.831. The molecule has 6 heteroatoms. The minimum atomic E-state index is -0.483. The number of carbonyl (C=O) groups is 2. The molecule has 2 amide bonds. The lowest BCUT2D eigenvalue weighted by molar-refractivity contribution is -0.136. The fraction of sp³-hybridized carbons (Fsp3) is 0.556. The van der Waals surface area contributed by atoms with E-state index in [0.29, 0.717) is 6.54 Å². The third-order valence-electron chi connectivity index (χ3n) is 4.39. The molecule has 0 radical (unpaired) electrons. The molecule has 0 spiro atoms. The van der Waals surface area contributed by atoms with E-state index in [0.717, 1.165) is 25.7 Å². The molecule has 1 N–H and O–H groups in total. The summed E-state index contributed by atoms with van der Waals surface area (Å²) in [6.45, 7) is 1.95. The molecule has 0 aromatic heterocycles. The Morgan fingerprint density at radius 2 is 2.00 bits per heavy atom. The van der Waals surface area contributed by atoms with Crippen molar-refractivity contribution in [1.29, 1.82) is 0 Å². The third kappa shape index (κ3) is 4.94. The van der Waals surface area contributed by atoms with Gasteiger partial charge in [0.25, 0.3) is 0 Å². The molecule has 1 saturated carbocycles. The Morgan fingerprint density at radius 3 is 2.62 bits per heavy atom. The molecule has 1 unspecified atom stereocenters. The van der Waals surface area contributed by atoms with Gasteiger partial charge in [0.05, 0.1) is 6.54 Å². The van der Waals surface area contributed by atoms with Gasteiger partial charge in [0.1, 0.15) is 12.6 Å². The van der Waals surface area contributed by atoms with E-state index < -0.39 is 11.9 Å². The first-order valence-electron chi connectivity index (χ1n) is 8.38. The Morgan fingerprint density at radius 1 is 1.33 bits per heavy atom. The molecular weight excluding hydrogens is 311 g/mol. The van der Waals surface area contributed by atoms with Crippen LogP contribution in [0.4, 0.5) is 4.39 Å². The van der Waals surface area contributed by atoms with Gasteiger partial charge >= 0.3 is 0 Å². The number of hydrogen-bond acceptors (Lipinski definition) is 3. The van der Waals surface area contributed by atoms with Crippen LogP contribution in [0.5, 0.6) is 5.75 Å². The lowest BCUT2D eigenvalue weighted by Gasteiger charge is -2.28. The van der Waals surface area contributed by atoms with Crippen molar-refractivity contribution in [1.82, 2.24) is 10.2 Å². The van der Waals surface area contributed by atoms with Crippen LogP contribution in [0, 0.1) is 11.7 Å². The predicted molar refractivity (Wildman–Crippen MR) is 89.1 cm³/mol. The molecule has 1 fully saturated rings. The summed E-state index contributed by atoms with van der Waals surface area (Å²) >= 11 is 0. The maximum atomic E-state index is 13.5. The Balaban J connectivity index is 1.88. The molecule has 24 heavy (non-hydrogen) atoms. The second-order valence-corrected chi connectivity index (χ2v) is 6.26. The van der Waals surface area contributed by atoms with Crippen LogP contribution < -0.4 is 10.1 Å². The van der Waals surface area contributed by atoms with E-state index >= 15 is 0 Å². The number of ether oxygens (including phenoxy) is 1. The van der Waals surface area contributed by atoms with Crippen LogP contribution in [0.15, 0.2) is 24.3 Å². The van der Waals surface area contributed by atoms with Crippen LogP contribution in [-0.4, -0.2) is 43.0 Å². The smallest absolute Gasteiger partial charge is 0.245 e. The first-order valence-corrected chi connectivity index (χ1v) is 8.38. The average molecular weight is 336 g/mol. The van der Waals surface area contributed by atoms with Crippen molar-refractivity contribution >= 4 is 11.8 Å². The topological polar surface area (TPSA) is 58.6 Å². The van der Waals surface area contributed by atoms with Crippen LogP contribution in [-0.2, 0) is 9.59 Å². The van der Waals surface area contributed by atoms with E-state index in [-0.39, 0.29) is 30.1 Å².